The van der Waals surface area contributed by atoms with Crippen molar-refractivity contribution in [3.8, 4) is 27.9 Å². The van der Waals surface area contributed by atoms with E-state index in [1.165, 1.54) is 71.9 Å². The second-order valence-electron chi connectivity index (χ2n) is 19.9. The summed E-state index contributed by atoms with van der Waals surface area (Å²) in [5.41, 5.74) is 19.5. The van der Waals surface area contributed by atoms with E-state index in [0.29, 0.717) is 9.79 Å². The Hall–Kier alpha value is -8.57. The maximum absolute atomic E-state index is 14.5. The Labute approximate surface area is 427 Å². The van der Waals surface area contributed by atoms with Crippen LogP contribution in [0.25, 0.3) is 68.0 Å². The molecule has 0 radical (unpaired) electrons. The Morgan fingerprint density at radius 2 is 1.05 bits per heavy atom. The molecule has 1 aliphatic heterocycles. The van der Waals surface area contributed by atoms with E-state index in [1.807, 2.05) is 66.7 Å². The minimum absolute atomic E-state index is 0.334. The van der Waals surface area contributed by atoms with Crippen LogP contribution < -0.4 is 10.4 Å². The molecule has 13 rings (SSSR count). The Morgan fingerprint density at radius 1 is 0.507 bits per heavy atom. The SMILES string of the molecule is C=c1cc2c(c/c1=C/C=C(\C)c1ccc3c(c1)C(c1ccccc1)(c1ccccc1)c1ccccc1S3(=O)=O)Cc1cc(-n3c4ccc(-c5ccccc5)cc4c4cc(-c5ccc(C)cc5)ccc43)ccc1C2. The third-order valence-electron chi connectivity index (χ3n) is 15.6. The summed E-state index contributed by atoms with van der Waals surface area (Å²) in [6, 6.07) is 78.9. The molecule has 1 aliphatic carbocycles. The Balaban J connectivity index is 0.881. The van der Waals surface area contributed by atoms with Crippen LogP contribution in [0.5, 0.6) is 0 Å². The van der Waals surface area contributed by atoms with Gasteiger partial charge in [-0.2, -0.15) is 0 Å². The van der Waals surface area contributed by atoms with Gasteiger partial charge in [-0.3, -0.25) is 0 Å². The highest BCUT2D eigenvalue weighted by Gasteiger charge is 2.48. The van der Waals surface area contributed by atoms with Gasteiger partial charge in [0.15, 0.2) is 0 Å². The quantitative estimate of drug-likeness (QED) is 0.160. The number of hydrogen-bond acceptors (Lipinski definition) is 2. The van der Waals surface area contributed by atoms with Crippen LogP contribution >= 0.6 is 0 Å². The summed E-state index contributed by atoms with van der Waals surface area (Å²) in [6.07, 6.45) is 5.99. The van der Waals surface area contributed by atoms with Crippen LogP contribution in [0.15, 0.2) is 240 Å². The van der Waals surface area contributed by atoms with Crippen LogP contribution in [-0.2, 0) is 28.1 Å². The van der Waals surface area contributed by atoms with Crippen molar-refractivity contribution in [3.63, 3.8) is 0 Å². The fraction of sp³-hybridized carbons (Fsp3) is 0.0725. The molecule has 0 N–H and O–H groups in total. The second-order valence-corrected chi connectivity index (χ2v) is 21.8. The summed E-state index contributed by atoms with van der Waals surface area (Å²) in [4.78, 5) is 0.676. The van der Waals surface area contributed by atoms with Crippen molar-refractivity contribution >= 4 is 49.9 Å². The highest BCUT2D eigenvalue weighted by atomic mass is 32.2. The smallest absolute Gasteiger partial charge is 0.207 e. The summed E-state index contributed by atoms with van der Waals surface area (Å²) >= 11 is 0. The molecule has 11 aromatic rings. The average Bonchev–Trinajstić information content (AvgIpc) is 3.76. The first-order valence-electron chi connectivity index (χ1n) is 25.1. The van der Waals surface area contributed by atoms with Gasteiger partial charge in [0.05, 0.1) is 26.2 Å². The zero-order chi connectivity index (χ0) is 49.4. The van der Waals surface area contributed by atoms with E-state index in [1.54, 1.807) is 6.07 Å². The molecule has 0 saturated heterocycles. The third kappa shape index (κ3) is 7.27. The monoisotopic (exact) mass is 957 g/mol. The van der Waals surface area contributed by atoms with Crippen LogP contribution in [0.4, 0.5) is 0 Å². The molecule has 3 nitrogen and oxygen atoms in total. The van der Waals surface area contributed by atoms with Crippen molar-refractivity contribution in [3.05, 3.63) is 297 Å². The van der Waals surface area contributed by atoms with E-state index in [0.717, 1.165) is 62.4 Å². The molecule has 0 bridgehead atoms. The van der Waals surface area contributed by atoms with Gasteiger partial charge < -0.3 is 4.57 Å². The zero-order valence-electron chi connectivity index (χ0n) is 40.8. The minimum atomic E-state index is -3.82. The Morgan fingerprint density at radius 3 is 1.73 bits per heavy atom. The number of aryl methyl sites for hydroxylation is 1. The van der Waals surface area contributed by atoms with E-state index in [-0.39, 0.29) is 0 Å². The van der Waals surface area contributed by atoms with Gasteiger partial charge in [0.2, 0.25) is 9.84 Å². The van der Waals surface area contributed by atoms with Crippen molar-refractivity contribution in [1.82, 2.24) is 4.57 Å². The summed E-state index contributed by atoms with van der Waals surface area (Å²) in [5, 5.41) is 4.51. The number of fused-ring (bicyclic) bond motifs is 7. The van der Waals surface area contributed by atoms with Crippen molar-refractivity contribution in [2.45, 2.75) is 41.9 Å². The molecule has 0 unspecified atom stereocenters. The summed E-state index contributed by atoms with van der Waals surface area (Å²) in [6.45, 7) is 8.79. The molecule has 1 aromatic heterocycles. The lowest BCUT2D eigenvalue weighted by Gasteiger charge is -2.42. The first kappa shape index (κ1) is 44.4. The molecular weight excluding hydrogens is 907 g/mol. The summed E-state index contributed by atoms with van der Waals surface area (Å²) in [7, 11) is -3.82. The maximum atomic E-state index is 14.5. The molecule has 4 heteroatoms. The predicted octanol–water partition coefficient (Wildman–Crippen LogP) is 14.7. The van der Waals surface area contributed by atoms with Crippen molar-refractivity contribution in [1.29, 1.82) is 0 Å². The Kier molecular flexibility index (Phi) is 10.5. The van der Waals surface area contributed by atoms with Crippen LogP contribution in [-0.4, -0.2) is 13.0 Å². The third-order valence-corrected chi connectivity index (χ3v) is 17.4. The molecule has 0 amide bonds. The lowest BCUT2D eigenvalue weighted by atomic mass is 9.64. The molecule has 73 heavy (non-hydrogen) atoms. The zero-order valence-corrected chi connectivity index (χ0v) is 41.6. The molecule has 2 heterocycles. The van der Waals surface area contributed by atoms with Crippen LogP contribution in [0.1, 0.15) is 62.6 Å². The van der Waals surface area contributed by atoms with E-state index in [2.05, 4.69) is 189 Å². The van der Waals surface area contributed by atoms with Crippen LogP contribution in [0, 0.1) is 6.92 Å². The van der Waals surface area contributed by atoms with E-state index in [9.17, 15) is 8.42 Å². The van der Waals surface area contributed by atoms with Gasteiger partial charge in [0, 0.05) is 16.5 Å². The predicted molar refractivity (Wildman–Crippen MR) is 302 cm³/mol. The van der Waals surface area contributed by atoms with E-state index >= 15 is 0 Å². The van der Waals surface area contributed by atoms with Gasteiger partial charge in [0.1, 0.15) is 0 Å². The second kappa shape index (κ2) is 17.3. The van der Waals surface area contributed by atoms with Gasteiger partial charge >= 0.3 is 0 Å². The number of allylic oxidation sites excluding steroid dienone is 2. The van der Waals surface area contributed by atoms with Gasteiger partial charge in [-0.05, 0) is 170 Å². The summed E-state index contributed by atoms with van der Waals surface area (Å²) in [5.74, 6) is 0. The topological polar surface area (TPSA) is 39.1 Å². The number of benzene rings is 10. The van der Waals surface area contributed by atoms with Crippen LogP contribution in [0.2, 0.25) is 0 Å². The van der Waals surface area contributed by atoms with Gasteiger partial charge in [-0.1, -0.05) is 194 Å². The fourth-order valence-electron chi connectivity index (χ4n) is 11.8. The maximum Gasteiger partial charge on any atom is 0.207 e. The summed E-state index contributed by atoms with van der Waals surface area (Å²) < 4.78 is 31.5. The number of rotatable bonds is 7. The molecule has 0 atom stereocenters. The van der Waals surface area contributed by atoms with Crippen LogP contribution in [0.3, 0.4) is 0 Å². The number of nitrogens with zero attached hydrogens (tertiary/aromatic N) is 1. The number of sulfone groups is 1. The normalized spacial score (nSPS) is 14.6. The lowest BCUT2D eigenvalue weighted by molar-refractivity contribution is 0.578. The molecule has 0 fully saturated rings. The van der Waals surface area contributed by atoms with Crippen molar-refractivity contribution in [2.75, 3.05) is 0 Å². The molecular formula is C69H51NO2S. The first-order valence-corrected chi connectivity index (χ1v) is 26.6. The van der Waals surface area contributed by atoms with Crippen molar-refractivity contribution in [2.24, 2.45) is 0 Å². The standard InChI is InChI=1S/C69H51NO2S/c1-45-23-26-49(27-24-45)54-31-35-66-62(43-54)61-42-53(48-15-7-4-8-16-48)30-34-65(61)70(66)60-33-29-52-39-55-37-47(3)50(38-56(55)40-57(52)41-60)28-25-46(2)51-32-36-68-64(44-51)69(58-17-9-5-10-18-58,59-19-11-6-12-20-59)63-21-13-14-22-67(63)73(68,71)72/h4-38,41-44H,3,39-40H2,1-2H3/b46-25+,50-28-. The Bertz CT molecular complexity index is 4240. The van der Waals surface area contributed by atoms with Gasteiger partial charge in [0.25, 0.3) is 0 Å². The minimum Gasteiger partial charge on any atom is -0.309 e. The first-order chi connectivity index (χ1) is 35.6. The highest BCUT2D eigenvalue weighted by Crippen LogP contribution is 2.54. The largest absolute Gasteiger partial charge is 0.309 e. The molecule has 2 aliphatic rings. The molecule has 0 spiro atoms. The van der Waals surface area contributed by atoms with Crippen molar-refractivity contribution < 1.29 is 8.42 Å². The molecule has 10 aromatic carbocycles. The van der Waals surface area contributed by atoms with E-state index in [4.69, 9.17) is 0 Å². The number of hydrogen-bond donors (Lipinski definition) is 0. The number of aromatic nitrogens is 1. The fourth-order valence-corrected chi connectivity index (χ4v) is 13.6. The van der Waals surface area contributed by atoms with Gasteiger partial charge in [-0.25, -0.2) is 8.42 Å². The lowest BCUT2D eigenvalue weighted by Crippen LogP contribution is -2.37. The molecule has 0 saturated carbocycles. The van der Waals surface area contributed by atoms with Gasteiger partial charge in [-0.15, -0.1) is 0 Å². The highest BCUT2D eigenvalue weighted by molar-refractivity contribution is 7.91. The average molecular weight is 958 g/mol. The molecule has 350 valence electrons. The van der Waals surface area contributed by atoms with E-state index < -0.39 is 15.3 Å².